The van der Waals surface area contributed by atoms with Crippen LogP contribution >= 0.6 is 0 Å². The van der Waals surface area contributed by atoms with Crippen molar-refractivity contribution in [1.82, 2.24) is 4.90 Å². The molecule has 2 aliphatic rings. The molecule has 0 aromatic heterocycles. The Balaban J connectivity index is 1.95. The maximum atomic E-state index is 10.5. The van der Waals surface area contributed by atoms with Crippen LogP contribution in [0.5, 0.6) is 0 Å². The van der Waals surface area contributed by atoms with Crippen molar-refractivity contribution >= 4 is 5.97 Å². The number of carboxylic acid groups (broad SMARTS) is 1. The smallest absolute Gasteiger partial charge is 0.304 e. The van der Waals surface area contributed by atoms with Gasteiger partial charge in [0.1, 0.15) is 0 Å². The molecule has 16 heavy (non-hydrogen) atoms. The Kier molecular flexibility index (Phi) is 3.19. The minimum atomic E-state index is -0.754. The van der Waals surface area contributed by atoms with Crippen molar-refractivity contribution < 1.29 is 15.0 Å². The monoisotopic (exact) mass is 228 g/mol. The quantitative estimate of drug-likeness (QED) is 0.611. The van der Waals surface area contributed by atoms with E-state index in [2.05, 4.69) is 4.90 Å². The van der Waals surface area contributed by atoms with E-state index >= 15 is 0 Å². The first-order valence-electron chi connectivity index (χ1n) is 5.93. The molecule has 1 aliphatic heterocycles. The van der Waals surface area contributed by atoms with Crippen LogP contribution in [0.3, 0.4) is 0 Å². The minimum absolute atomic E-state index is 0.185. The number of aliphatic carboxylic acids is 1. The van der Waals surface area contributed by atoms with E-state index in [4.69, 9.17) is 10.8 Å². The highest BCUT2D eigenvalue weighted by molar-refractivity contribution is 5.66. The van der Waals surface area contributed by atoms with Gasteiger partial charge in [0.25, 0.3) is 0 Å². The maximum Gasteiger partial charge on any atom is 0.304 e. The number of carbonyl (C=O) groups is 1. The predicted molar refractivity (Wildman–Crippen MR) is 59.0 cm³/mol. The third kappa shape index (κ3) is 2.07. The van der Waals surface area contributed by atoms with Crippen molar-refractivity contribution in [3.8, 4) is 0 Å². The normalized spacial score (nSPS) is 38.9. The number of rotatable bonds is 4. The fraction of sp³-hybridized carbons (Fsp3) is 0.909. The second-order valence-electron chi connectivity index (χ2n) is 5.07. The highest BCUT2D eigenvalue weighted by Gasteiger charge is 2.47. The Bertz CT molecular complexity index is 284. The number of carboxylic acids is 1. The average Bonchev–Trinajstić information content (AvgIpc) is 2.61. The van der Waals surface area contributed by atoms with Crippen molar-refractivity contribution in [1.29, 1.82) is 0 Å². The summed E-state index contributed by atoms with van der Waals surface area (Å²) in [6, 6.07) is 0.455. The summed E-state index contributed by atoms with van der Waals surface area (Å²) in [7, 11) is 0. The lowest BCUT2D eigenvalue weighted by atomic mass is 9.76. The largest absolute Gasteiger partial charge is 0.481 e. The summed E-state index contributed by atoms with van der Waals surface area (Å²) in [5, 5.41) is 19.0. The van der Waals surface area contributed by atoms with Crippen molar-refractivity contribution in [2.45, 2.75) is 37.3 Å². The first-order chi connectivity index (χ1) is 7.55. The lowest BCUT2D eigenvalue weighted by Gasteiger charge is -2.36. The van der Waals surface area contributed by atoms with Crippen LogP contribution in [0.2, 0.25) is 0 Å². The standard InChI is InChI=1S/C11H20N2O3/c12-7-11(16)3-1-9-5-8(11)6-13(9)4-2-10(14)15/h8-9,16H,1-7,12H2,(H,14,15). The molecule has 0 aromatic rings. The van der Waals surface area contributed by atoms with E-state index in [1.54, 1.807) is 0 Å². The summed E-state index contributed by atoms with van der Waals surface area (Å²) < 4.78 is 0. The van der Waals surface area contributed by atoms with Gasteiger partial charge in [-0.05, 0) is 19.3 Å². The van der Waals surface area contributed by atoms with E-state index in [0.29, 0.717) is 19.1 Å². The summed E-state index contributed by atoms with van der Waals surface area (Å²) in [5.74, 6) is -0.527. The van der Waals surface area contributed by atoms with Crippen LogP contribution in [0.15, 0.2) is 0 Å². The van der Waals surface area contributed by atoms with Crippen LogP contribution in [0.4, 0.5) is 0 Å². The molecule has 5 nitrogen and oxygen atoms in total. The number of nitrogens with two attached hydrogens (primary N) is 1. The molecular weight excluding hydrogens is 208 g/mol. The van der Waals surface area contributed by atoms with Gasteiger partial charge in [0.2, 0.25) is 0 Å². The SMILES string of the molecule is NCC1(O)CCC2CC1CN2CCC(=O)O. The van der Waals surface area contributed by atoms with Crippen LogP contribution in [0, 0.1) is 5.92 Å². The van der Waals surface area contributed by atoms with Gasteiger partial charge in [-0.25, -0.2) is 0 Å². The zero-order valence-electron chi connectivity index (χ0n) is 9.43. The average molecular weight is 228 g/mol. The van der Waals surface area contributed by atoms with Gasteiger partial charge < -0.3 is 15.9 Å². The van der Waals surface area contributed by atoms with E-state index in [-0.39, 0.29) is 12.3 Å². The van der Waals surface area contributed by atoms with Gasteiger partial charge in [0.05, 0.1) is 12.0 Å². The van der Waals surface area contributed by atoms with Gasteiger partial charge in [0, 0.05) is 31.6 Å². The molecule has 2 bridgehead atoms. The summed E-state index contributed by atoms with van der Waals surface area (Å²) in [6.07, 6.45) is 2.84. The zero-order valence-corrected chi connectivity index (χ0v) is 9.43. The molecule has 2 rings (SSSR count). The van der Waals surface area contributed by atoms with Gasteiger partial charge in [-0.2, -0.15) is 0 Å². The van der Waals surface area contributed by atoms with Gasteiger partial charge in [-0.15, -0.1) is 0 Å². The molecule has 3 unspecified atom stereocenters. The summed E-state index contributed by atoms with van der Waals surface area (Å²) in [6.45, 7) is 1.71. The predicted octanol–water partition coefficient (Wildman–Crippen LogP) is -0.365. The van der Waals surface area contributed by atoms with Gasteiger partial charge in [-0.3, -0.25) is 9.69 Å². The van der Waals surface area contributed by atoms with Gasteiger partial charge in [-0.1, -0.05) is 0 Å². The second kappa shape index (κ2) is 4.31. The maximum absolute atomic E-state index is 10.5. The van der Waals surface area contributed by atoms with Crippen LogP contribution in [0.25, 0.3) is 0 Å². The number of nitrogens with zero attached hydrogens (tertiary/aromatic N) is 1. The van der Waals surface area contributed by atoms with Crippen molar-refractivity contribution in [2.75, 3.05) is 19.6 Å². The molecule has 4 N–H and O–H groups in total. The molecule has 5 heteroatoms. The van der Waals surface area contributed by atoms with E-state index in [0.717, 1.165) is 25.8 Å². The molecule has 3 atom stereocenters. The Labute approximate surface area is 95.2 Å². The summed E-state index contributed by atoms with van der Waals surface area (Å²) in [5.41, 5.74) is 4.91. The Morgan fingerprint density at radius 1 is 1.56 bits per heavy atom. The van der Waals surface area contributed by atoms with Gasteiger partial charge in [0.15, 0.2) is 0 Å². The fourth-order valence-electron chi connectivity index (χ4n) is 3.08. The molecule has 0 amide bonds. The highest BCUT2D eigenvalue weighted by atomic mass is 16.4. The molecule has 0 aromatic carbocycles. The molecular formula is C11H20N2O3. The van der Waals surface area contributed by atoms with Crippen LogP contribution in [-0.4, -0.2) is 52.4 Å². The first-order valence-corrected chi connectivity index (χ1v) is 5.93. The molecule has 1 saturated carbocycles. The summed E-state index contributed by atoms with van der Waals surface area (Å²) in [4.78, 5) is 12.7. The molecule has 2 fully saturated rings. The highest BCUT2D eigenvalue weighted by Crippen LogP contribution is 2.41. The number of likely N-dealkylation sites (tertiary alicyclic amines) is 1. The molecule has 92 valence electrons. The Morgan fingerprint density at radius 2 is 2.31 bits per heavy atom. The van der Waals surface area contributed by atoms with E-state index in [1.165, 1.54) is 0 Å². The van der Waals surface area contributed by atoms with Crippen molar-refractivity contribution in [2.24, 2.45) is 11.7 Å². The van der Waals surface area contributed by atoms with Crippen LogP contribution in [-0.2, 0) is 4.79 Å². The molecule has 1 saturated heterocycles. The van der Waals surface area contributed by atoms with Crippen LogP contribution < -0.4 is 5.73 Å². The molecule has 0 radical (unpaired) electrons. The third-order valence-corrected chi connectivity index (χ3v) is 4.16. The third-order valence-electron chi connectivity index (χ3n) is 4.16. The molecule has 0 spiro atoms. The van der Waals surface area contributed by atoms with Crippen molar-refractivity contribution in [3.63, 3.8) is 0 Å². The Morgan fingerprint density at radius 3 is 2.94 bits per heavy atom. The number of aliphatic hydroxyl groups is 1. The van der Waals surface area contributed by atoms with E-state index < -0.39 is 11.6 Å². The zero-order chi connectivity index (χ0) is 11.8. The number of fused-ring (bicyclic) bond motifs is 2. The molecule has 1 aliphatic carbocycles. The first kappa shape index (κ1) is 11.8. The minimum Gasteiger partial charge on any atom is -0.481 e. The second-order valence-corrected chi connectivity index (χ2v) is 5.07. The topological polar surface area (TPSA) is 86.8 Å². The lowest BCUT2D eigenvalue weighted by molar-refractivity contribution is -0.137. The number of hydrogen-bond acceptors (Lipinski definition) is 4. The van der Waals surface area contributed by atoms with Gasteiger partial charge >= 0.3 is 5.97 Å². The Hall–Kier alpha value is -0.650. The summed E-state index contributed by atoms with van der Waals surface area (Å²) >= 11 is 0. The van der Waals surface area contributed by atoms with Crippen molar-refractivity contribution in [3.05, 3.63) is 0 Å². The van der Waals surface area contributed by atoms with E-state index in [9.17, 15) is 9.90 Å². The van der Waals surface area contributed by atoms with Crippen LogP contribution in [0.1, 0.15) is 25.7 Å². The fourth-order valence-corrected chi connectivity index (χ4v) is 3.08. The number of hydrogen-bond donors (Lipinski definition) is 3. The lowest BCUT2D eigenvalue weighted by Crippen LogP contribution is -2.47. The van der Waals surface area contributed by atoms with E-state index in [1.807, 2.05) is 0 Å². The molecule has 1 heterocycles.